The first kappa shape index (κ1) is 21.7. The minimum absolute atomic E-state index is 0.0759. The van der Waals surface area contributed by atoms with Gasteiger partial charge in [0, 0.05) is 36.6 Å². The van der Waals surface area contributed by atoms with Crippen molar-refractivity contribution in [1.29, 1.82) is 0 Å². The van der Waals surface area contributed by atoms with Gasteiger partial charge >= 0.3 is 0 Å². The van der Waals surface area contributed by atoms with Gasteiger partial charge in [0.05, 0.1) is 5.69 Å². The topological polar surface area (TPSA) is 71.0 Å². The van der Waals surface area contributed by atoms with E-state index < -0.39 is 6.10 Å². The van der Waals surface area contributed by atoms with Crippen molar-refractivity contribution in [2.45, 2.75) is 25.6 Å². The van der Waals surface area contributed by atoms with E-state index in [0.717, 1.165) is 25.3 Å². The molecular formula is C21H24Cl2N2O4. The van der Waals surface area contributed by atoms with E-state index in [2.05, 4.69) is 10.2 Å². The van der Waals surface area contributed by atoms with Crippen molar-refractivity contribution in [3.63, 3.8) is 0 Å². The molecule has 1 fully saturated rings. The summed E-state index contributed by atoms with van der Waals surface area (Å²) in [5.74, 6) is 1.04. The number of aliphatic hydroxyl groups is 1. The maximum atomic E-state index is 11.3. The molecule has 2 aromatic carbocycles. The summed E-state index contributed by atoms with van der Waals surface area (Å²) in [6.45, 7) is 3.57. The molecule has 0 saturated carbocycles. The fourth-order valence-corrected chi connectivity index (χ4v) is 3.51. The fourth-order valence-electron chi connectivity index (χ4n) is 3.22. The highest BCUT2D eigenvalue weighted by molar-refractivity contribution is 6.31. The molecule has 0 spiro atoms. The van der Waals surface area contributed by atoms with E-state index in [1.165, 1.54) is 6.92 Å². The Hall–Kier alpha value is -1.99. The number of amides is 1. The lowest BCUT2D eigenvalue weighted by atomic mass is 10.3. The van der Waals surface area contributed by atoms with E-state index in [1.54, 1.807) is 30.3 Å². The largest absolute Gasteiger partial charge is 0.489 e. The number of carbonyl (C=O) groups is 1. The van der Waals surface area contributed by atoms with Gasteiger partial charge in [-0.3, -0.25) is 9.69 Å². The monoisotopic (exact) mass is 438 g/mol. The quantitative estimate of drug-likeness (QED) is 0.654. The van der Waals surface area contributed by atoms with Crippen LogP contribution in [0.5, 0.6) is 11.5 Å². The van der Waals surface area contributed by atoms with Crippen molar-refractivity contribution in [3.8, 4) is 11.5 Å². The minimum atomic E-state index is -0.676. The lowest BCUT2D eigenvalue weighted by Crippen LogP contribution is -2.35. The molecule has 1 heterocycles. The average molecular weight is 439 g/mol. The van der Waals surface area contributed by atoms with E-state index in [1.807, 2.05) is 12.1 Å². The summed E-state index contributed by atoms with van der Waals surface area (Å²) in [7, 11) is 0. The van der Waals surface area contributed by atoms with Gasteiger partial charge in [-0.2, -0.15) is 0 Å². The van der Waals surface area contributed by atoms with Gasteiger partial charge in [-0.25, -0.2) is 0 Å². The fraction of sp³-hybridized carbons (Fsp3) is 0.381. The molecule has 1 saturated heterocycles. The Labute approximate surface area is 180 Å². The average Bonchev–Trinajstić information content (AvgIpc) is 3.09. The van der Waals surface area contributed by atoms with Gasteiger partial charge in [-0.05, 0) is 48.9 Å². The Bertz CT molecular complexity index is 832. The highest BCUT2D eigenvalue weighted by atomic mass is 35.5. The first-order valence-electron chi connectivity index (χ1n) is 9.41. The lowest BCUT2D eigenvalue weighted by Gasteiger charge is -2.21. The minimum Gasteiger partial charge on any atom is -0.489 e. The van der Waals surface area contributed by atoms with Gasteiger partial charge in [-0.1, -0.05) is 23.2 Å². The summed E-state index contributed by atoms with van der Waals surface area (Å²) in [6, 6.07) is 12.3. The zero-order valence-electron chi connectivity index (χ0n) is 16.1. The second-order valence-corrected chi connectivity index (χ2v) is 7.90. The first-order valence-corrected chi connectivity index (χ1v) is 10.2. The number of rotatable bonds is 8. The molecule has 0 radical (unpaired) electrons. The lowest BCUT2D eigenvalue weighted by molar-refractivity contribution is -0.114. The van der Waals surface area contributed by atoms with Crippen LogP contribution in [0.4, 0.5) is 5.69 Å². The van der Waals surface area contributed by atoms with Crippen LogP contribution in [0.2, 0.25) is 10.0 Å². The Morgan fingerprint density at radius 3 is 2.69 bits per heavy atom. The first-order chi connectivity index (χ1) is 13.9. The molecular weight excluding hydrogens is 415 g/mol. The van der Waals surface area contributed by atoms with Crippen LogP contribution in [-0.4, -0.2) is 54.4 Å². The number of nitrogens with zero attached hydrogens (tertiary/aromatic N) is 1. The van der Waals surface area contributed by atoms with Crippen LogP contribution >= 0.6 is 23.2 Å². The van der Waals surface area contributed by atoms with Gasteiger partial charge in [0.2, 0.25) is 5.91 Å². The predicted octanol–water partition coefficient (Wildman–Crippen LogP) is 3.84. The van der Waals surface area contributed by atoms with Crippen LogP contribution in [0.25, 0.3) is 0 Å². The third-order valence-corrected chi connectivity index (χ3v) is 4.99. The molecule has 2 atom stereocenters. The Morgan fingerprint density at radius 1 is 1.24 bits per heavy atom. The highest BCUT2D eigenvalue weighted by Crippen LogP contribution is 2.28. The number of nitrogens with one attached hydrogen (secondary N) is 1. The number of ether oxygens (including phenoxy) is 2. The van der Waals surface area contributed by atoms with Gasteiger partial charge in [-0.15, -0.1) is 0 Å². The summed E-state index contributed by atoms with van der Waals surface area (Å²) in [5, 5.41) is 14.2. The summed E-state index contributed by atoms with van der Waals surface area (Å²) < 4.78 is 11.7. The molecule has 1 amide bonds. The SMILES string of the molecule is CC(=O)Nc1cc(Cl)ccc1OC[C@@H](O)CN1CC[C@H](Oc2ccc(Cl)cc2)C1. The summed E-state index contributed by atoms with van der Waals surface area (Å²) in [6.07, 6.45) is 0.289. The zero-order chi connectivity index (χ0) is 20.8. The number of halogens is 2. The van der Waals surface area contributed by atoms with Crippen molar-refractivity contribution in [1.82, 2.24) is 4.90 Å². The molecule has 2 N–H and O–H groups in total. The summed E-state index contributed by atoms with van der Waals surface area (Å²) >= 11 is 11.9. The smallest absolute Gasteiger partial charge is 0.221 e. The zero-order valence-corrected chi connectivity index (χ0v) is 17.6. The number of aliphatic hydroxyl groups excluding tert-OH is 1. The van der Waals surface area contributed by atoms with E-state index in [9.17, 15) is 9.90 Å². The molecule has 8 heteroatoms. The molecule has 0 aromatic heterocycles. The molecule has 0 unspecified atom stereocenters. The third kappa shape index (κ3) is 6.78. The van der Waals surface area contributed by atoms with Gasteiger partial charge < -0.3 is 19.9 Å². The molecule has 3 rings (SSSR count). The molecule has 2 aromatic rings. The molecule has 1 aliphatic heterocycles. The molecule has 156 valence electrons. The number of anilines is 1. The summed E-state index contributed by atoms with van der Waals surface area (Å²) in [4.78, 5) is 13.5. The van der Waals surface area contributed by atoms with E-state index >= 15 is 0 Å². The van der Waals surface area contributed by atoms with Crippen molar-refractivity contribution in [3.05, 3.63) is 52.5 Å². The van der Waals surface area contributed by atoms with E-state index in [-0.39, 0.29) is 18.6 Å². The Kier molecular flexibility index (Phi) is 7.61. The van der Waals surface area contributed by atoms with Crippen molar-refractivity contribution < 1.29 is 19.4 Å². The van der Waals surface area contributed by atoms with Crippen LogP contribution in [-0.2, 0) is 4.79 Å². The standard InChI is InChI=1S/C21H24Cl2N2O4/c1-14(26)24-20-10-16(23)4-7-21(20)28-13-17(27)11-25-9-8-19(12-25)29-18-5-2-15(22)3-6-18/h2-7,10,17,19,27H,8-9,11-13H2,1H3,(H,24,26)/t17-,19-/m0/s1. The number of carbonyl (C=O) groups excluding carboxylic acids is 1. The van der Waals surface area contributed by atoms with Gasteiger partial charge in [0.1, 0.15) is 30.3 Å². The van der Waals surface area contributed by atoms with Crippen LogP contribution in [0, 0.1) is 0 Å². The molecule has 0 bridgehead atoms. The van der Waals surface area contributed by atoms with Crippen molar-refractivity contribution in [2.24, 2.45) is 0 Å². The second-order valence-electron chi connectivity index (χ2n) is 7.03. The number of hydrogen-bond donors (Lipinski definition) is 2. The van der Waals surface area contributed by atoms with Crippen molar-refractivity contribution in [2.75, 3.05) is 31.6 Å². The van der Waals surface area contributed by atoms with Gasteiger partial charge in [0.25, 0.3) is 0 Å². The van der Waals surface area contributed by atoms with Gasteiger partial charge in [0.15, 0.2) is 0 Å². The van der Waals surface area contributed by atoms with E-state index in [0.29, 0.717) is 28.0 Å². The van der Waals surface area contributed by atoms with Crippen LogP contribution in [0.15, 0.2) is 42.5 Å². The Balaban J connectivity index is 1.46. The molecule has 0 aliphatic carbocycles. The van der Waals surface area contributed by atoms with Crippen LogP contribution in [0.3, 0.4) is 0 Å². The van der Waals surface area contributed by atoms with Crippen LogP contribution in [0.1, 0.15) is 13.3 Å². The summed E-state index contributed by atoms with van der Waals surface area (Å²) in [5.41, 5.74) is 0.481. The van der Waals surface area contributed by atoms with Crippen LogP contribution < -0.4 is 14.8 Å². The second kappa shape index (κ2) is 10.2. The third-order valence-electron chi connectivity index (χ3n) is 4.50. The number of benzene rings is 2. The molecule has 1 aliphatic rings. The number of hydrogen-bond acceptors (Lipinski definition) is 5. The number of β-amino-alcohol motifs (C(OH)–C–C–N with tert-alkyl or cyclic N) is 1. The predicted molar refractivity (Wildman–Crippen MR) is 114 cm³/mol. The Morgan fingerprint density at radius 2 is 1.97 bits per heavy atom. The maximum absolute atomic E-state index is 11.3. The highest BCUT2D eigenvalue weighted by Gasteiger charge is 2.25. The van der Waals surface area contributed by atoms with Crippen molar-refractivity contribution >= 4 is 34.8 Å². The molecule has 6 nitrogen and oxygen atoms in total. The molecule has 29 heavy (non-hydrogen) atoms. The maximum Gasteiger partial charge on any atom is 0.221 e. The normalized spacial score (nSPS) is 17.7. The number of likely N-dealkylation sites (tertiary alicyclic amines) is 1. The van der Waals surface area contributed by atoms with E-state index in [4.69, 9.17) is 32.7 Å².